The summed E-state index contributed by atoms with van der Waals surface area (Å²) in [7, 11) is -3.32. The van der Waals surface area contributed by atoms with Crippen molar-refractivity contribution in [3.8, 4) is 28.5 Å². The molecule has 1 heterocycles. The zero-order chi connectivity index (χ0) is 22.5. The molecule has 4 aromatic carbocycles. The van der Waals surface area contributed by atoms with Crippen molar-refractivity contribution in [2.75, 3.05) is 0 Å². The molecule has 0 spiro atoms. The topological polar surface area (TPSA) is 65.0 Å². The first-order chi connectivity index (χ1) is 16.2. The highest BCUT2D eigenvalue weighted by Crippen LogP contribution is 2.45. The fourth-order valence-corrected chi connectivity index (χ4v) is 5.53. The molecule has 0 saturated heterocycles. The zero-order valence-corrected chi connectivity index (χ0v) is 18.5. The van der Waals surface area contributed by atoms with E-state index in [-0.39, 0.29) is 0 Å². The first-order valence-electron chi connectivity index (χ1n) is 10.5. The van der Waals surface area contributed by atoms with Gasteiger partial charge in [-0.1, -0.05) is 66.7 Å². The molecule has 33 heavy (non-hydrogen) atoms. The maximum Gasteiger partial charge on any atom is 0.306 e. The Morgan fingerprint density at radius 3 is 1.52 bits per heavy atom. The summed E-state index contributed by atoms with van der Waals surface area (Å²) < 4.78 is 20.2. The summed E-state index contributed by atoms with van der Waals surface area (Å²) in [5, 5.41) is 1.29. The standard InChI is InChI=1S/C27H20N3O2P/c31-33(24-12-6-2-7-13-24,25-14-8-3-9-15-25)32-23-18-16-22(17-19-23)27-29-20-28-26(30-27)21-10-4-1-5-11-21/h1-20H. The number of benzene rings is 4. The lowest BCUT2D eigenvalue weighted by atomic mass is 10.2. The van der Waals surface area contributed by atoms with Crippen LogP contribution in [-0.4, -0.2) is 15.0 Å². The summed E-state index contributed by atoms with van der Waals surface area (Å²) in [5.41, 5.74) is 1.74. The van der Waals surface area contributed by atoms with E-state index in [1.165, 1.54) is 6.33 Å². The molecule has 0 bridgehead atoms. The van der Waals surface area contributed by atoms with Gasteiger partial charge in [-0.05, 0) is 48.5 Å². The van der Waals surface area contributed by atoms with Gasteiger partial charge in [0.25, 0.3) is 0 Å². The van der Waals surface area contributed by atoms with Crippen LogP contribution in [0.1, 0.15) is 0 Å². The molecule has 0 aliphatic rings. The van der Waals surface area contributed by atoms with Crippen molar-refractivity contribution in [2.24, 2.45) is 0 Å². The molecule has 0 saturated carbocycles. The van der Waals surface area contributed by atoms with Crippen LogP contribution in [0.25, 0.3) is 22.8 Å². The second kappa shape index (κ2) is 9.19. The third-order valence-electron chi connectivity index (χ3n) is 5.14. The minimum Gasteiger partial charge on any atom is -0.437 e. The zero-order valence-electron chi connectivity index (χ0n) is 17.7. The Bertz CT molecular complexity index is 1350. The third kappa shape index (κ3) is 4.45. The molecule has 1 aromatic heterocycles. The van der Waals surface area contributed by atoms with Gasteiger partial charge in [-0.3, -0.25) is 4.57 Å². The van der Waals surface area contributed by atoms with Crippen molar-refractivity contribution in [3.05, 3.63) is 122 Å². The first-order valence-corrected chi connectivity index (χ1v) is 12.1. The van der Waals surface area contributed by atoms with Crippen molar-refractivity contribution < 1.29 is 9.09 Å². The van der Waals surface area contributed by atoms with E-state index < -0.39 is 7.37 Å². The van der Waals surface area contributed by atoms with Crippen molar-refractivity contribution >= 4 is 18.0 Å². The van der Waals surface area contributed by atoms with Crippen LogP contribution in [0.4, 0.5) is 0 Å². The molecule has 160 valence electrons. The summed E-state index contributed by atoms with van der Waals surface area (Å²) >= 11 is 0. The summed E-state index contributed by atoms with van der Waals surface area (Å²) in [6, 6.07) is 35.6. The number of rotatable bonds is 6. The van der Waals surface area contributed by atoms with Crippen molar-refractivity contribution in [1.29, 1.82) is 0 Å². The van der Waals surface area contributed by atoms with Gasteiger partial charge in [-0.15, -0.1) is 0 Å². The van der Waals surface area contributed by atoms with E-state index in [0.29, 0.717) is 28.0 Å². The van der Waals surface area contributed by atoms with Crippen LogP contribution < -0.4 is 15.1 Å². The molecule has 5 nitrogen and oxygen atoms in total. The van der Waals surface area contributed by atoms with Crippen LogP contribution in [0.3, 0.4) is 0 Å². The molecule has 6 heteroatoms. The van der Waals surface area contributed by atoms with E-state index in [9.17, 15) is 4.57 Å². The van der Waals surface area contributed by atoms with Crippen LogP contribution in [0.5, 0.6) is 5.75 Å². The highest BCUT2D eigenvalue weighted by Gasteiger charge is 2.29. The van der Waals surface area contributed by atoms with Crippen molar-refractivity contribution in [2.45, 2.75) is 0 Å². The maximum absolute atomic E-state index is 14.1. The van der Waals surface area contributed by atoms with Crippen molar-refractivity contribution in [1.82, 2.24) is 15.0 Å². The minimum absolute atomic E-state index is 0.507. The number of hydrogen-bond acceptors (Lipinski definition) is 5. The molecule has 0 aliphatic carbocycles. The van der Waals surface area contributed by atoms with Gasteiger partial charge in [-0.25, -0.2) is 15.0 Å². The predicted octanol–water partition coefficient (Wildman–Crippen LogP) is 5.51. The maximum atomic E-state index is 14.1. The van der Waals surface area contributed by atoms with E-state index >= 15 is 0 Å². The summed E-state index contributed by atoms with van der Waals surface area (Å²) in [4.78, 5) is 13.2. The molecule has 0 atom stereocenters. The Kier molecular flexibility index (Phi) is 5.79. The lowest BCUT2D eigenvalue weighted by Gasteiger charge is -2.20. The second-order valence-corrected chi connectivity index (χ2v) is 9.66. The van der Waals surface area contributed by atoms with Gasteiger partial charge < -0.3 is 4.52 Å². The number of nitrogens with zero attached hydrogens (tertiary/aromatic N) is 3. The van der Waals surface area contributed by atoms with Gasteiger partial charge in [0.2, 0.25) is 0 Å². The Labute approximate surface area is 192 Å². The average molecular weight is 449 g/mol. The first kappa shape index (κ1) is 20.8. The molecule has 0 N–H and O–H groups in total. The van der Waals surface area contributed by atoms with E-state index in [4.69, 9.17) is 4.52 Å². The van der Waals surface area contributed by atoms with Gasteiger partial charge in [0, 0.05) is 11.1 Å². The van der Waals surface area contributed by atoms with E-state index in [2.05, 4.69) is 15.0 Å². The van der Waals surface area contributed by atoms with Gasteiger partial charge in [0.15, 0.2) is 11.6 Å². The number of aromatic nitrogens is 3. The van der Waals surface area contributed by atoms with E-state index in [1.54, 1.807) is 12.1 Å². The van der Waals surface area contributed by atoms with Crippen LogP contribution in [0.15, 0.2) is 122 Å². The minimum atomic E-state index is -3.32. The molecule has 0 amide bonds. The molecule has 0 unspecified atom stereocenters. The van der Waals surface area contributed by atoms with Crippen LogP contribution in [0.2, 0.25) is 0 Å². The number of hydrogen-bond donors (Lipinski definition) is 0. The monoisotopic (exact) mass is 449 g/mol. The predicted molar refractivity (Wildman–Crippen MR) is 131 cm³/mol. The molecule has 5 rings (SSSR count). The van der Waals surface area contributed by atoms with Crippen LogP contribution in [0, 0.1) is 0 Å². The Balaban J connectivity index is 1.45. The van der Waals surface area contributed by atoms with Crippen LogP contribution in [-0.2, 0) is 4.57 Å². The highest BCUT2D eigenvalue weighted by molar-refractivity contribution is 7.74. The smallest absolute Gasteiger partial charge is 0.306 e. The summed E-state index contributed by atoms with van der Waals surface area (Å²) in [6.07, 6.45) is 1.51. The van der Waals surface area contributed by atoms with E-state index in [0.717, 1.165) is 11.1 Å². The normalized spacial score (nSPS) is 11.2. The largest absolute Gasteiger partial charge is 0.437 e. The molecule has 0 radical (unpaired) electrons. The van der Waals surface area contributed by atoms with Gasteiger partial charge in [-0.2, -0.15) is 0 Å². The highest BCUT2D eigenvalue weighted by atomic mass is 31.2. The van der Waals surface area contributed by atoms with Gasteiger partial charge in [0.05, 0.1) is 10.6 Å². The average Bonchev–Trinajstić information content (AvgIpc) is 2.91. The molecule has 0 aliphatic heterocycles. The fourth-order valence-electron chi connectivity index (χ4n) is 3.48. The lowest BCUT2D eigenvalue weighted by Crippen LogP contribution is -2.20. The lowest BCUT2D eigenvalue weighted by molar-refractivity contribution is 0.503. The molecule has 0 fully saturated rings. The van der Waals surface area contributed by atoms with Crippen molar-refractivity contribution in [3.63, 3.8) is 0 Å². The Hall–Kier alpha value is -4.08. The molecule has 5 aromatic rings. The van der Waals surface area contributed by atoms with Gasteiger partial charge in [0.1, 0.15) is 12.1 Å². The second-order valence-electron chi connectivity index (χ2n) is 7.34. The quantitative estimate of drug-likeness (QED) is 0.320. The summed E-state index contributed by atoms with van der Waals surface area (Å²) in [5.74, 6) is 1.68. The van der Waals surface area contributed by atoms with E-state index in [1.807, 2.05) is 103 Å². The van der Waals surface area contributed by atoms with Crippen LogP contribution >= 0.6 is 7.37 Å². The SMILES string of the molecule is O=P(Oc1ccc(-c2ncnc(-c3ccccc3)n2)cc1)(c1ccccc1)c1ccccc1. The Morgan fingerprint density at radius 1 is 0.545 bits per heavy atom. The third-order valence-corrected chi connectivity index (χ3v) is 7.57. The van der Waals surface area contributed by atoms with Gasteiger partial charge >= 0.3 is 7.37 Å². The molecular formula is C27H20N3O2P. The fraction of sp³-hybridized carbons (Fsp3) is 0. The summed E-state index contributed by atoms with van der Waals surface area (Å²) in [6.45, 7) is 0. The Morgan fingerprint density at radius 2 is 1.00 bits per heavy atom. The molecular weight excluding hydrogens is 429 g/mol.